The van der Waals surface area contributed by atoms with E-state index in [1.54, 1.807) is 0 Å². The summed E-state index contributed by atoms with van der Waals surface area (Å²) in [5, 5.41) is 9.06. The molecule has 0 atom stereocenters. The first-order chi connectivity index (χ1) is 14.1. The lowest BCUT2D eigenvalue weighted by atomic mass is 10.1. The van der Waals surface area contributed by atoms with Crippen molar-refractivity contribution in [3.8, 4) is 0 Å². The second kappa shape index (κ2) is 6.91. The summed E-state index contributed by atoms with van der Waals surface area (Å²) in [7, 11) is 0. The standard InChI is InChI=1S/C23H16N4O2/c28-23(29)8-1-14-9-21-12-19-5-4-17(25-19)10-15-2-3-16(24-15)11-18-6-7-20(26-18)13-22(14)27-21/h2-7,9-13H,1,8H2,(H,28,29). The molecular weight excluding hydrogens is 364 g/mol. The molecule has 0 aliphatic carbocycles. The smallest absolute Gasteiger partial charge is 0.303 e. The van der Waals surface area contributed by atoms with Crippen LogP contribution >= 0.6 is 0 Å². The molecule has 6 heteroatoms. The van der Waals surface area contributed by atoms with Crippen molar-refractivity contribution in [3.63, 3.8) is 0 Å². The van der Waals surface area contributed by atoms with E-state index in [1.165, 1.54) is 0 Å². The number of fused-ring (bicyclic) bond motifs is 4. The van der Waals surface area contributed by atoms with E-state index in [4.69, 9.17) is 5.11 Å². The van der Waals surface area contributed by atoms with E-state index in [0.717, 1.165) is 51.2 Å². The van der Waals surface area contributed by atoms with Gasteiger partial charge in [-0.15, -0.1) is 0 Å². The fourth-order valence-electron chi connectivity index (χ4n) is 3.40. The van der Waals surface area contributed by atoms with Crippen molar-refractivity contribution in [1.29, 1.82) is 0 Å². The van der Waals surface area contributed by atoms with E-state index < -0.39 is 5.97 Å². The largest absolute Gasteiger partial charge is 0.481 e. The number of carboxylic acids is 1. The maximum Gasteiger partial charge on any atom is 0.303 e. The molecule has 0 spiro atoms. The Kier molecular flexibility index (Phi) is 4.09. The topological polar surface area (TPSA) is 86.7 Å². The highest BCUT2D eigenvalue weighted by atomic mass is 16.4. The molecule has 0 unspecified atom stereocenters. The number of aliphatic imine (C=N–C) groups is 4. The fourth-order valence-corrected chi connectivity index (χ4v) is 3.40. The minimum absolute atomic E-state index is 0.0535. The number of rotatable bonds is 3. The Morgan fingerprint density at radius 1 is 0.655 bits per heavy atom. The quantitative estimate of drug-likeness (QED) is 0.807. The van der Waals surface area contributed by atoms with Crippen LogP contribution in [0.1, 0.15) is 12.8 Å². The third kappa shape index (κ3) is 3.73. The zero-order chi connectivity index (χ0) is 19.8. The molecule has 6 nitrogen and oxygen atoms in total. The molecule has 0 aromatic heterocycles. The second-order valence-corrected chi connectivity index (χ2v) is 6.95. The molecule has 5 heterocycles. The van der Waals surface area contributed by atoms with Gasteiger partial charge in [0.15, 0.2) is 0 Å². The fraction of sp³-hybridized carbons (Fsp3) is 0.0870. The van der Waals surface area contributed by atoms with Crippen LogP contribution in [0.5, 0.6) is 0 Å². The van der Waals surface area contributed by atoms with Gasteiger partial charge in [-0.1, -0.05) is 0 Å². The molecule has 0 fully saturated rings. The van der Waals surface area contributed by atoms with Crippen LogP contribution in [0.4, 0.5) is 0 Å². The highest BCUT2D eigenvalue weighted by molar-refractivity contribution is 6.15. The van der Waals surface area contributed by atoms with Crippen LogP contribution in [0.15, 0.2) is 115 Å². The lowest BCUT2D eigenvalue weighted by Crippen LogP contribution is -1.97. The van der Waals surface area contributed by atoms with Crippen molar-refractivity contribution in [2.45, 2.75) is 12.8 Å². The van der Waals surface area contributed by atoms with Gasteiger partial charge in [-0.2, -0.15) is 0 Å². The Labute approximate surface area is 167 Å². The van der Waals surface area contributed by atoms with Crippen LogP contribution in [0.2, 0.25) is 0 Å². The van der Waals surface area contributed by atoms with Crippen LogP contribution in [0.25, 0.3) is 0 Å². The summed E-state index contributed by atoms with van der Waals surface area (Å²) in [4.78, 5) is 29.5. The van der Waals surface area contributed by atoms with Crippen molar-refractivity contribution in [2.75, 3.05) is 0 Å². The minimum Gasteiger partial charge on any atom is -0.481 e. The Balaban J connectivity index is 1.59. The molecule has 0 aromatic rings. The summed E-state index contributed by atoms with van der Waals surface area (Å²) in [6, 6.07) is 0. The normalized spacial score (nSPS) is 21.0. The van der Waals surface area contributed by atoms with Crippen molar-refractivity contribution in [3.05, 3.63) is 95.2 Å². The van der Waals surface area contributed by atoms with Gasteiger partial charge in [0.25, 0.3) is 0 Å². The van der Waals surface area contributed by atoms with Crippen LogP contribution in [-0.4, -0.2) is 33.9 Å². The third-order valence-electron chi connectivity index (χ3n) is 4.73. The number of carboxylic acid groups (broad SMARTS) is 1. The summed E-state index contributed by atoms with van der Waals surface area (Å²) >= 11 is 0. The minimum atomic E-state index is -0.830. The predicted molar refractivity (Wildman–Crippen MR) is 114 cm³/mol. The van der Waals surface area contributed by atoms with Crippen LogP contribution < -0.4 is 0 Å². The summed E-state index contributed by atoms with van der Waals surface area (Å²) in [6.07, 6.45) is 21.7. The van der Waals surface area contributed by atoms with Crippen molar-refractivity contribution in [2.24, 2.45) is 20.0 Å². The lowest BCUT2D eigenvalue weighted by molar-refractivity contribution is -0.136. The Morgan fingerprint density at radius 3 is 1.72 bits per heavy atom. The highest BCUT2D eigenvalue weighted by Gasteiger charge is 2.17. The first-order valence-electron chi connectivity index (χ1n) is 9.29. The van der Waals surface area contributed by atoms with E-state index in [-0.39, 0.29) is 6.42 Å². The monoisotopic (exact) mass is 380 g/mol. The number of hydrogen-bond donors (Lipinski definition) is 1. The molecule has 0 saturated carbocycles. The number of aliphatic carboxylic acids is 1. The molecule has 5 rings (SSSR count). The van der Waals surface area contributed by atoms with Gasteiger partial charge in [0, 0.05) is 6.42 Å². The number of hydrogen-bond acceptors (Lipinski definition) is 5. The molecule has 29 heavy (non-hydrogen) atoms. The molecular formula is C23H16N4O2. The van der Waals surface area contributed by atoms with Gasteiger partial charge >= 0.3 is 5.97 Å². The summed E-state index contributed by atoms with van der Waals surface area (Å²) in [6.45, 7) is 0. The van der Waals surface area contributed by atoms with Crippen molar-refractivity contribution < 1.29 is 9.90 Å². The maximum absolute atomic E-state index is 11.0. The molecule has 5 aliphatic heterocycles. The number of allylic oxidation sites excluding steroid dienone is 12. The van der Waals surface area contributed by atoms with Gasteiger partial charge in [-0.05, 0) is 78.8 Å². The maximum atomic E-state index is 11.0. The SMILES string of the molecule is O=C(O)CCC1=CC2=NC1=CC1=NC(=CC3=NC(=CC4=NC(=C2)C=C4)C=C3)C=C1. The van der Waals surface area contributed by atoms with Gasteiger partial charge in [-0.3, -0.25) is 4.79 Å². The average Bonchev–Trinajstić information content (AvgIpc) is 3.45. The highest BCUT2D eigenvalue weighted by Crippen LogP contribution is 2.27. The third-order valence-corrected chi connectivity index (χ3v) is 4.73. The van der Waals surface area contributed by atoms with Gasteiger partial charge in [-0.25, -0.2) is 20.0 Å². The number of carbonyl (C=O) groups is 1. The van der Waals surface area contributed by atoms with E-state index in [9.17, 15) is 4.79 Å². The molecule has 140 valence electrons. The van der Waals surface area contributed by atoms with E-state index in [1.807, 2.05) is 66.8 Å². The zero-order valence-electron chi connectivity index (χ0n) is 15.4. The zero-order valence-corrected chi connectivity index (χ0v) is 15.4. The van der Waals surface area contributed by atoms with Crippen LogP contribution in [0, 0.1) is 0 Å². The summed E-state index contributed by atoms with van der Waals surface area (Å²) < 4.78 is 0. The van der Waals surface area contributed by atoms with E-state index in [2.05, 4.69) is 20.0 Å². The lowest BCUT2D eigenvalue weighted by Gasteiger charge is -2.01. The van der Waals surface area contributed by atoms with Crippen LogP contribution in [-0.2, 0) is 4.79 Å². The summed E-state index contributed by atoms with van der Waals surface area (Å²) in [5.74, 6) is -0.830. The first kappa shape index (κ1) is 17.2. The van der Waals surface area contributed by atoms with Gasteiger partial charge in [0.05, 0.1) is 45.6 Å². The second-order valence-electron chi connectivity index (χ2n) is 6.95. The Morgan fingerprint density at radius 2 is 1.17 bits per heavy atom. The predicted octanol–water partition coefficient (Wildman–Crippen LogP) is 3.81. The van der Waals surface area contributed by atoms with Gasteiger partial charge in [0.2, 0.25) is 0 Å². The summed E-state index contributed by atoms with van der Waals surface area (Å²) in [5.41, 5.74) is 7.26. The van der Waals surface area contributed by atoms with E-state index >= 15 is 0 Å². The van der Waals surface area contributed by atoms with Crippen molar-refractivity contribution in [1.82, 2.24) is 0 Å². The average molecular weight is 380 g/mol. The molecule has 0 aromatic carbocycles. The molecule has 0 amide bonds. The molecule has 0 saturated heterocycles. The molecule has 0 radical (unpaired) electrons. The Hall–Kier alpha value is -3.93. The number of nitrogens with zero attached hydrogens (tertiary/aromatic N) is 4. The Bertz CT molecular complexity index is 1210. The molecule has 8 bridgehead atoms. The molecule has 5 aliphatic rings. The first-order valence-corrected chi connectivity index (χ1v) is 9.29. The van der Waals surface area contributed by atoms with Crippen LogP contribution in [0.3, 0.4) is 0 Å². The van der Waals surface area contributed by atoms with Gasteiger partial charge < -0.3 is 5.11 Å². The van der Waals surface area contributed by atoms with Gasteiger partial charge in [0.1, 0.15) is 0 Å². The van der Waals surface area contributed by atoms with E-state index in [0.29, 0.717) is 6.42 Å². The van der Waals surface area contributed by atoms with Crippen molar-refractivity contribution >= 4 is 28.8 Å². The molecule has 1 N–H and O–H groups in total.